The predicted octanol–water partition coefficient (Wildman–Crippen LogP) is 4.08. The fourth-order valence-electron chi connectivity index (χ4n) is 2.00. The van der Waals surface area contributed by atoms with Crippen molar-refractivity contribution in [3.05, 3.63) is 59.9 Å². The van der Waals surface area contributed by atoms with Gasteiger partial charge in [0.2, 0.25) is 0 Å². The van der Waals surface area contributed by atoms with Crippen LogP contribution in [-0.4, -0.2) is 17.4 Å². The first-order valence-corrected chi connectivity index (χ1v) is 7.45. The minimum absolute atomic E-state index is 0.0823. The van der Waals surface area contributed by atoms with E-state index in [2.05, 4.69) is 11.9 Å². The SMILES string of the molecule is CCCCOc1ccc(CCC(=O)c2ccccn2)cc1. The molecule has 0 saturated carbocycles. The molecule has 0 saturated heterocycles. The number of aromatic nitrogens is 1. The normalized spacial score (nSPS) is 10.3. The number of benzene rings is 1. The zero-order valence-corrected chi connectivity index (χ0v) is 12.4. The number of carbonyl (C=O) groups excluding carboxylic acids is 1. The van der Waals surface area contributed by atoms with Gasteiger partial charge in [-0.1, -0.05) is 31.5 Å². The highest BCUT2D eigenvalue weighted by Gasteiger charge is 2.06. The third-order valence-corrected chi connectivity index (χ3v) is 3.28. The summed E-state index contributed by atoms with van der Waals surface area (Å²) in [6.07, 6.45) is 5.06. The molecule has 0 aliphatic rings. The maximum atomic E-state index is 12.0. The van der Waals surface area contributed by atoms with Crippen molar-refractivity contribution < 1.29 is 9.53 Å². The van der Waals surface area contributed by atoms with Crippen LogP contribution in [0.2, 0.25) is 0 Å². The second-order valence-electron chi connectivity index (χ2n) is 4.98. The van der Waals surface area contributed by atoms with Crippen LogP contribution in [0.25, 0.3) is 0 Å². The lowest BCUT2D eigenvalue weighted by Gasteiger charge is -2.06. The second-order valence-corrected chi connectivity index (χ2v) is 4.98. The van der Waals surface area contributed by atoms with Crippen LogP contribution in [0, 0.1) is 0 Å². The lowest BCUT2D eigenvalue weighted by molar-refractivity contribution is 0.0978. The van der Waals surface area contributed by atoms with Gasteiger partial charge in [0.05, 0.1) is 6.61 Å². The summed E-state index contributed by atoms with van der Waals surface area (Å²) >= 11 is 0. The first kappa shape index (κ1) is 15.2. The van der Waals surface area contributed by atoms with E-state index in [4.69, 9.17) is 4.74 Å². The summed E-state index contributed by atoms with van der Waals surface area (Å²) in [7, 11) is 0. The van der Waals surface area contributed by atoms with Crippen LogP contribution in [0.15, 0.2) is 48.7 Å². The molecule has 3 heteroatoms. The molecule has 1 aromatic carbocycles. The Kier molecular flexibility index (Phi) is 5.95. The Morgan fingerprint density at radius 3 is 2.62 bits per heavy atom. The van der Waals surface area contributed by atoms with Crippen LogP contribution in [0.1, 0.15) is 42.2 Å². The summed E-state index contributed by atoms with van der Waals surface area (Å²) in [5.41, 5.74) is 1.68. The summed E-state index contributed by atoms with van der Waals surface area (Å²) in [6.45, 7) is 2.90. The maximum absolute atomic E-state index is 12.0. The highest BCUT2D eigenvalue weighted by atomic mass is 16.5. The van der Waals surface area contributed by atoms with Crippen LogP contribution >= 0.6 is 0 Å². The van der Waals surface area contributed by atoms with E-state index in [1.165, 1.54) is 0 Å². The Hall–Kier alpha value is -2.16. The highest BCUT2D eigenvalue weighted by Crippen LogP contribution is 2.14. The number of nitrogens with zero attached hydrogens (tertiary/aromatic N) is 1. The molecule has 0 N–H and O–H groups in total. The Morgan fingerprint density at radius 2 is 1.95 bits per heavy atom. The number of rotatable bonds is 8. The van der Waals surface area contributed by atoms with E-state index in [0.29, 0.717) is 12.1 Å². The smallest absolute Gasteiger partial charge is 0.181 e. The van der Waals surface area contributed by atoms with Crippen LogP contribution in [0.4, 0.5) is 0 Å². The lowest BCUT2D eigenvalue weighted by atomic mass is 10.1. The zero-order chi connectivity index (χ0) is 14.9. The van der Waals surface area contributed by atoms with Gasteiger partial charge in [-0.3, -0.25) is 9.78 Å². The minimum atomic E-state index is 0.0823. The van der Waals surface area contributed by atoms with Crippen molar-refractivity contribution in [3.8, 4) is 5.75 Å². The molecule has 110 valence electrons. The van der Waals surface area contributed by atoms with Gasteiger partial charge < -0.3 is 4.74 Å². The monoisotopic (exact) mass is 283 g/mol. The molecule has 21 heavy (non-hydrogen) atoms. The quantitative estimate of drug-likeness (QED) is 0.541. The third-order valence-electron chi connectivity index (χ3n) is 3.28. The zero-order valence-electron chi connectivity index (χ0n) is 12.4. The second kappa shape index (κ2) is 8.20. The number of pyridine rings is 1. The Balaban J connectivity index is 1.82. The first-order valence-electron chi connectivity index (χ1n) is 7.45. The van der Waals surface area contributed by atoms with Gasteiger partial charge in [-0.25, -0.2) is 0 Å². The van der Waals surface area contributed by atoms with E-state index < -0.39 is 0 Å². The van der Waals surface area contributed by atoms with E-state index in [1.54, 1.807) is 12.3 Å². The van der Waals surface area contributed by atoms with Gasteiger partial charge in [-0.2, -0.15) is 0 Å². The fraction of sp³-hybridized carbons (Fsp3) is 0.333. The summed E-state index contributed by atoms with van der Waals surface area (Å²) in [4.78, 5) is 16.0. The number of ether oxygens (including phenoxy) is 1. The number of Topliss-reactive ketones (excluding diaryl/α,β-unsaturated/α-hetero) is 1. The van der Waals surface area contributed by atoms with Gasteiger partial charge in [0.1, 0.15) is 11.4 Å². The highest BCUT2D eigenvalue weighted by molar-refractivity contribution is 5.94. The topological polar surface area (TPSA) is 39.2 Å². The molecular weight excluding hydrogens is 262 g/mol. The van der Waals surface area contributed by atoms with Gasteiger partial charge in [0.15, 0.2) is 5.78 Å². The summed E-state index contributed by atoms with van der Waals surface area (Å²) in [5.74, 6) is 0.974. The summed E-state index contributed by atoms with van der Waals surface area (Å²) in [6, 6.07) is 13.4. The van der Waals surface area contributed by atoms with Gasteiger partial charge in [-0.05, 0) is 42.7 Å². The molecule has 2 aromatic rings. The molecular formula is C18H21NO2. The van der Waals surface area contributed by atoms with Crippen LogP contribution in [0.3, 0.4) is 0 Å². The molecule has 0 fully saturated rings. The molecule has 0 atom stereocenters. The third kappa shape index (κ3) is 5.03. The molecule has 0 aliphatic carbocycles. The Labute approximate surface area is 126 Å². The number of aryl methyl sites for hydroxylation is 1. The average Bonchev–Trinajstić information content (AvgIpc) is 2.55. The number of ketones is 1. The van der Waals surface area contributed by atoms with Crippen molar-refractivity contribution in [2.75, 3.05) is 6.61 Å². The molecule has 0 aliphatic heterocycles. The van der Waals surface area contributed by atoms with Crippen molar-refractivity contribution in [1.82, 2.24) is 4.98 Å². The van der Waals surface area contributed by atoms with Crippen LogP contribution in [-0.2, 0) is 6.42 Å². The van der Waals surface area contributed by atoms with Crippen molar-refractivity contribution in [3.63, 3.8) is 0 Å². The van der Waals surface area contributed by atoms with E-state index in [1.807, 2.05) is 36.4 Å². The number of hydrogen-bond acceptors (Lipinski definition) is 3. The van der Waals surface area contributed by atoms with Crippen LogP contribution < -0.4 is 4.74 Å². The molecule has 0 bridgehead atoms. The molecule has 0 unspecified atom stereocenters. The lowest BCUT2D eigenvalue weighted by Crippen LogP contribution is -2.03. The van der Waals surface area contributed by atoms with Gasteiger partial charge in [0.25, 0.3) is 0 Å². The van der Waals surface area contributed by atoms with E-state index >= 15 is 0 Å². The Bertz CT molecular complexity index is 549. The maximum Gasteiger partial charge on any atom is 0.181 e. The molecule has 1 aromatic heterocycles. The molecule has 0 spiro atoms. The van der Waals surface area contributed by atoms with Gasteiger partial charge >= 0.3 is 0 Å². The standard InChI is InChI=1S/C18H21NO2/c1-2-3-14-21-16-10-7-15(8-11-16)9-12-18(20)17-6-4-5-13-19-17/h4-8,10-11,13H,2-3,9,12,14H2,1H3. The van der Waals surface area contributed by atoms with E-state index in [9.17, 15) is 4.79 Å². The summed E-state index contributed by atoms with van der Waals surface area (Å²) < 4.78 is 5.62. The van der Waals surface area contributed by atoms with E-state index in [0.717, 1.165) is 37.2 Å². The fourth-order valence-corrected chi connectivity index (χ4v) is 2.00. The largest absolute Gasteiger partial charge is 0.494 e. The predicted molar refractivity (Wildman–Crippen MR) is 83.7 cm³/mol. The van der Waals surface area contributed by atoms with E-state index in [-0.39, 0.29) is 5.78 Å². The number of unbranched alkanes of at least 4 members (excludes halogenated alkanes) is 1. The van der Waals surface area contributed by atoms with Crippen molar-refractivity contribution in [1.29, 1.82) is 0 Å². The van der Waals surface area contributed by atoms with Crippen molar-refractivity contribution >= 4 is 5.78 Å². The minimum Gasteiger partial charge on any atom is -0.494 e. The summed E-state index contributed by atoms with van der Waals surface area (Å²) in [5, 5.41) is 0. The molecule has 2 rings (SSSR count). The molecule has 3 nitrogen and oxygen atoms in total. The number of carbonyl (C=O) groups is 1. The first-order chi connectivity index (χ1) is 10.3. The average molecular weight is 283 g/mol. The molecule has 1 heterocycles. The molecule has 0 amide bonds. The van der Waals surface area contributed by atoms with Crippen molar-refractivity contribution in [2.45, 2.75) is 32.6 Å². The molecule has 0 radical (unpaired) electrons. The van der Waals surface area contributed by atoms with Crippen LogP contribution in [0.5, 0.6) is 5.75 Å². The number of hydrogen-bond donors (Lipinski definition) is 0. The van der Waals surface area contributed by atoms with Gasteiger partial charge in [-0.15, -0.1) is 0 Å². The Morgan fingerprint density at radius 1 is 1.14 bits per heavy atom. The van der Waals surface area contributed by atoms with Crippen molar-refractivity contribution in [2.24, 2.45) is 0 Å². The van der Waals surface area contributed by atoms with Gasteiger partial charge in [0, 0.05) is 12.6 Å².